The number of hydrogen-bond acceptors (Lipinski definition) is 3. The lowest BCUT2D eigenvalue weighted by Gasteiger charge is -2.10. The molecule has 0 aliphatic heterocycles. The Labute approximate surface area is 102 Å². The molecule has 0 fully saturated rings. The Morgan fingerprint density at radius 3 is 2.88 bits per heavy atom. The number of rotatable bonds is 7. The Kier molecular flexibility index (Phi) is 5.49. The average Bonchev–Trinajstić information content (AvgIpc) is 2.28. The standard InChI is InChI=1S/C13H19NO3/c1-3-17-8-4-7-14-12-9-10(2)5-6-11(12)13(15)16/h5-6,9,14H,3-4,7-8H2,1-2H3,(H,15,16). The molecule has 1 aromatic rings. The van der Waals surface area contributed by atoms with E-state index in [-0.39, 0.29) is 0 Å². The molecule has 0 atom stereocenters. The van der Waals surface area contributed by atoms with E-state index in [0.717, 1.165) is 12.0 Å². The lowest BCUT2D eigenvalue weighted by molar-refractivity contribution is 0.0698. The van der Waals surface area contributed by atoms with Crippen LogP contribution < -0.4 is 5.32 Å². The number of aromatic carboxylic acids is 1. The molecule has 0 radical (unpaired) electrons. The van der Waals surface area contributed by atoms with E-state index in [1.807, 2.05) is 19.9 Å². The van der Waals surface area contributed by atoms with Crippen LogP contribution in [0.3, 0.4) is 0 Å². The van der Waals surface area contributed by atoms with Gasteiger partial charge in [-0.2, -0.15) is 0 Å². The highest BCUT2D eigenvalue weighted by Crippen LogP contribution is 2.17. The summed E-state index contributed by atoms with van der Waals surface area (Å²) in [4.78, 5) is 11.0. The van der Waals surface area contributed by atoms with Gasteiger partial charge in [0, 0.05) is 25.4 Å². The van der Waals surface area contributed by atoms with Crippen LogP contribution in [0.15, 0.2) is 18.2 Å². The molecule has 1 aromatic carbocycles. The van der Waals surface area contributed by atoms with Crippen LogP contribution in [-0.4, -0.2) is 30.8 Å². The smallest absolute Gasteiger partial charge is 0.337 e. The number of benzene rings is 1. The first-order valence-corrected chi connectivity index (χ1v) is 5.80. The summed E-state index contributed by atoms with van der Waals surface area (Å²) in [5.41, 5.74) is 2.03. The van der Waals surface area contributed by atoms with Crippen molar-refractivity contribution < 1.29 is 14.6 Å². The van der Waals surface area contributed by atoms with Gasteiger partial charge in [-0.05, 0) is 38.0 Å². The summed E-state index contributed by atoms with van der Waals surface area (Å²) in [5, 5.41) is 12.2. The fraction of sp³-hybridized carbons (Fsp3) is 0.462. The Hall–Kier alpha value is -1.55. The van der Waals surface area contributed by atoms with Crippen LogP contribution in [0, 0.1) is 6.92 Å². The van der Waals surface area contributed by atoms with Gasteiger partial charge in [0.1, 0.15) is 0 Å². The molecular formula is C13H19NO3. The predicted molar refractivity (Wildman–Crippen MR) is 67.7 cm³/mol. The number of hydrogen-bond donors (Lipinski definition) is 2. The summed E-state index contributed by atoms with van der Waals surface area (Å²) < 4.78 is 5.22. The number of anilines is 1. The third-order valence-electron chi connectivity index (χ3n) is 2.39. The molecule has 0 spiro atoms. The van der Waals surface area contributed by atoms with Gasteiger partial charge < -0.3 is 15.2 Å². The summed E-state index contributed by atoms with van der Waals surface area (Å²) in [7, 11) is 0. The first-order valence-electron chi connectivity index (χ1n) is 5.80. The second-order valence-electron chi connectivity index (χ2n) is 3.83. The summed E-state index contributed by atoms with van der Waals surface area (Å²) in [6, 6.07) is 5.28. The highest BCUT2D eigenvalue weighted by molar-refractivity contribution is 5.94. The van der Waals surface area contributed by atoms with Crippen molar-refractivity contribution in [2.45, 2.75) is 20.3 Å². The zero-order valence-electron chi connectivity index (χ0n) is 10.3. The number of carboxylic acid groups (broad SMARTS) is 1. The number of aryl methyl sites for hydroxylation is 1. The molecule has 0 saturated carbocycles. The average molecular weight is 237 g/mol. The van der Waals surface area contributed by atoms with Gasteiger partial charge in [-0.1, -0.05) is 6.07 Å². The molecule has 0 aliphatic rings. The fourth-order valence-electron chi connectivity index (χ4n) is 1.53. The van der Waals surface area contributed by atoms with E-state index < -0.39 is 5.97 Å². The minimum absolute atomic E-state index is 0.312. The van der Waals surface area contributed by atoms with Gasteiger partial charge in [-0.25, -0.2) is 4.79 Å². The van der Waals surface area contributed by atoms with E-state index in [2.05, 4.69) is 5.32 Å². The van der Waals surface area contributed by atoms with Crippen LogP contribution in [0.4, 0.5) is 5.69 Å². The van der Waals surface area contributed by atoms with Crippen molar-refractivity contribution in [3.05, 3.63) is 29.3 Å². The van der Waals surface area contributed by atoms with E-state index in [1.165, 1.54) is 0 Å². The molecule has 0 amide bonds. The first-order chi connectivity index (χ1) is 8.15. The van der Waals surface area contributed by atoms with Crippen LogP contribution in [0.5, 0.6) is 0 Å². The number of carbonyl (C=O) groups is 1. The normalized spacial score (nSPS) is 10.2. The topological polar surface area (TPSA) is 58.6 Å². The maximum absolute atomic E-state index is 11.0. The Morgan fingerprint density at radius 2 is 2.24 bits per heavy atom. The molecule has 17 heavy (non-hydrogen) atoms. The number of carboxylic acids is 1. The Bertz CT molecular complexity index is 377. The SMILES string of the molecule is CCOCCCNc1cc(C)ccc1C(=O)O. The van der Waals surface area contributed by atoms with E-state index in [0.29, 0.717) is 31.0 Å². The lowest BCUT2D eigenvalue weighted by atomic mass is 10.1. The molecule has 1 rings (SSSR count). The van der Waals surface area contributed by atoms with Gasteiger partial charge in [0.15, 0.2) is 0 Å². The largest absolute Gasteiger partial charge is 0.478 e. The number of nitrogens with one attached hydrogen (secondary N) is 1. The lowest BCUT2D eigenvalue weighted by Crippen LogP contribution is -2.09. The van der Waals surface area contributed by atoms with E-state index in [9.17, 15) is 4.79 Å². The van der Waals surface area contributed by atoms with Crippen LogP contribution >= 0.6 is 0 Å². The van der Waals surface area contributed by atoms with E-state index >= 15 is 0 Å². The van der Waals surface area contributed by atoms with Gasteiger partial charge >= 0.3 is 5.97 Å². The molecule has 0 unspecified atom stereocenters. The molecule has 4 nitrogen and oxygen atoms in total. The van der Waals surface area contributed by atoms with Crippen molar-refractivity contribution in [3.8, 4) is 0 Å². The summed E-state index contributed by atoms with van der Waals surface area (Å²) >= 11 is 0. The molecule has 2 N–H and O–H groups in total. The van der Waals surface area contributed by atoms with Crippen LogP contribution in [0.25, 0.3) is 0 Å². The van der Waals surface area contributed by atoms with Crippen molar-refractivity contribution >= 4 is 11.7 Å². The van der Waals surface area contributed by atoms with Crippen molar-refractivity contribution in [3.63, 3.8) is 0 Å². The second-order valence-corrected chi connectivity index (χ2v) is 3.83. The number of ether oxygens (including phenoxy) is 1. The van der Waals surface area contributed by atoms with Crippen LogP contribution in [0.1, 0.15) is 29.3 Å². The second kappa shape index (κ2) is 6.91. The van der Waals surface area contributed by atoms with Gasteiger partial charge in [0.05, 0.1) is 5.56 Å². The molecule has 0 aliphatic carbocycles. The molecule has 94 valence electrons. The maximum atomic E-state index is 11.0. The molecular weight excluding hydrogens is 218 g/mol. The van der Waals surface area contributed by atoms with Gasteiger partial charge in [-0.3, -0.25) is 0 Å². The quantitative estimate of drug-likeness (QED) is 0.715. The summed E-state index contributed by atoms with van der Waals surface area (Å²) in [6.07, 6.45) is 0.862. The molecule has 4 heteroatoms. The molecule has 0 bridgehead atoms. The van der Waals surface area contributed by atoms with Crippen molar-refractivity contribution in [2.75, 3.05) is 25.1 Å². The summed E-state index contributed by atoms with van der Waals surface area (Å²) in [6.45, 7) is 6.01. The van der Waals surface area contributed by atoms with Crippen molar-refractivity contribution in [1.29, 1.82) is 0 Å². The van der Waals surface area contributed by atoms with Gasteiger partial charge in [-0.15, -0.1) is 0 Å². The molecule has 0 aromatic heterocycles. The van der Waals surface area contributed by atoms with Crippen molar-refractivity contribution in [2.24, 2.45) is 0 Å². The summed E-state index contributed by atoms with van der Waals surface area (Å²) in [5.74, 6) is -0.905. The zero-order chi connectivity index (χ0) is 12.7. The third kappa shape index (κ3) is 4.44. The van der Waals surface area contributed by atoms with Crippen molar-refractivity contribution in [1.82, 2.24) is 0 Å². The monoisotopic (exact) mass is 237 g/mol. The maximum Gasteiger partial charge on any atom is 0.337 e. The predicted octanol–water partition coefficient (Wildman–Crippen LogP) is 2.53. The third-order valence-corrected chi connectivity index (χ3v) is 2.39. The minimum Gasteiger partial charge on any atom is -0.478 e. The van der Waals surface area contributed by atoms with E-state index in [4.69, 9.17) is 9.84 Å². The molecule has 0 saturated heterocycles. The minimum atomic E-state index is -0.905. The van der Waals surface area contributed by atoms with Gasteiger partial charge in [0.2, 0.25) is 0 Å². The highest BCUT2D eigenvalue weighted by atomic mass is 16.5. The van der Waals surface area contributed by atoms with Crippen LogP contribution in [0.2, 0.25) is 0 Å². The van der Waals surface area contributed by atoms with Crippen LogP contribution in [-0.2, 0) is 4.74 Å². The highest BCUT2D eigenvalue weighted by Gasteiger charge is 2.09. The molecule has 0 heterocycles. The Morgan fingerprint density at radius 1 is 1.47 bits per heavy atom. The van der Waals surface area contributed by atoms with Gasteiger partial charge in [0.25, 0.3) is 0 Å². The first kappa shape index (κ1) is 13.5. The van der Waals surface area contributed by atoms with E-state index in [1.54, 1.807) is 12.1 Å². The zero-order valence-corrected chi connectivity index (χ0v) is 10.3. The fourth-order valence-corrected chi connectivity index (χ4v) is 1.53. The Balaban J connectivity index is 2.56.